The number of rotatable bonds is 2. The minimum absolute atomic E-state index is 0.175. The van der Waals surface area contributed by atoms with Crippen molar-refractivity contribution in [3.63, 3.8) is 0 Å². The molecule has 72 valence electrons. The topological polar surface area (TPSA) is 60.2 Å². The molecule has 0 saturated heterocycles. The first-order chi connectivity index (χ1) is 5.49. The number of hydrogen-bond acceptors (Lipinski definition) is 2. The van der Waals surface area contributed by atoms with Crippen LogP contribution in [0.15, 0.2) is 0 Å². The standard InChI is InChI=1S/C8H17NO2S/c1-7-4-2-3-5-8(7)6-12(9,10)11/h7-8H,2-6H2,1H3,(H2,9,10,11). The van der Waals surface area contributed by atoms with Gasteiger partial charge in [-0.05, 0) is 18.3 Å². The van der Waals surface area contributed by atoms with E-state index in [1.807, 2.05) is 0 Å². The van der Waals surface area contributed by atoms with E-state index in [4.69, 9.17) is 5.14 Å². The Labute approximate surface area is 74.4 Å². The van der Waals surface area contributed by atoms with Gasteiger partial charge in [0, 0.05) is 0 Å². The van der Waals surface area contributed by atoms with Crippen molar-refractivity contribution in [2.24, 2.45) is 17.0 Å². The van der Waals surface area contributed by atoms with Gasteiger partial charge in [0.15, 0.2) is 0 Å². The van der Waals surface area contributed by atoms with Gasteiger partial charge in [-0.25, -0.2) is 13.6 Å². The van der Waals surface area contributed by atoms with Crippen molar-refractivity contribution in [1.82, 2.24) is 0 Å². The lowest BCUT2D eigenvalue weighted by atomic mass is 9.82. The van der Waals surface area contributed by atoms with Crippen molar-refractivity contribution < 1.29 is 8.42 Å². The van der Waals surface area contributed by atoms with E-state index in [2.05, 4.69) is 6.92 Å². The molecule has 2 N–H and O–H groups in total. The number of nitrogens with two attached hydrogens (primary N) is 1. The Morgan fingerprint density at radius 1 is 1.33 bits per heavy atom. The molecule has 12 heavy (non-hydrogen) atoms. The van der Waals surface area contributed by atoms with Crippen LogP contribution in [0.2, 0.25) is 0 Å². The molecule has 3 nitrogen and oxygen atoms in total. The Bertz CT molecular complexity index is 235. The predicted octanol–water partition coefficient (Wildman–Crippen LogP) is 1.10. The molecule has 1 aliphatic carbocycles. The highest BCUT2D eigenvalue weighted by Crippen LogP contribution is 2.29. The molecule has 0 heterocycles. The lowest BCUT2D eigenvalue weighted by Crippen LogP contribution is -2.28. The van der Waals surface area contributed by atoms with Gasteiger partial charge < -0.3 is 0 Å². The molecule has 0 aromatic heterocycles. The van der Waals surface area contributed by atoms with Crippen molar-refractivity contribution >= 4 is 10.0 Å². The molecule has 0 aromatic rings. The van der Waals surface area contributed by atoms with Gasteiger partial charge in [0.2, 0.25) is 10.0 Å². The fourth-order valence-electron chi connectivity index (χ4n) is 1.94. The molecule has 0 aliphatic heterocycles. The predicted molar refractivity (Wildman–Crippen MR) is 49.1 cm³/mol. The second-order valence-corrected chi connectivity index (χ2v) is 5.51. The summed E-state index contributed by atoms with van der Waals surface area (Å²) in [5, 5.41) is 5.00. The van der Waals surface area contributed by atoms with Gasteiger partial charge in [0.05, 0.1) is 5.75 Å². The van der Waals surface area contributed by atoms with E-state index >= 15 is 0 Å². The van der Waals surface area contributed by atoms with Crippen LogP contribution in [-0.4, -0.2) is 14.2 Å². The second kappa shape index (κ2) is 3.75. The van der Waals surface area contributed by atoms with Gasteiger partial charge in [-0.1, -0.05) is 26.2 Å². The quantitative estimate of drug-likeness (QED) is 0.710. The van der Waals surface area contributed by atoms with E-state index in [1.165, 1.54) is 6.42 Å². The molecule has 2 atom stereocenters. The van der Waals surface area contributed by atoms with Gasteiger partial charge in [-0.2, -0.15) is 0 Å². The summed E-state index contributed by atoms with van der Waals surface area (Å²) in [5.74, 6) is 1.000. The monoisotopic (exact) mass is 191 g/mol. The van der Waals surface area contributed by atoms with Gasteiger partial charge in [0.1, 0.15) is 0 Å². The average Bonchev–Trinajstić information content (AvgIpc) is 1.91. The van der Waals surface area contributed by atoms with Crippen LogP contribution in [0.25, 0.3) is 0 Å². The number of hydrogen-bond donors (Lipinski definition) is 1. The van der Waals surface area contributed by atoms with Crippen LogP contribution in [0.4, 0.5) is 0 Å². The summed E-state index contributed by atoms with van der Waals surface area (Å²) in [4.78, 5) is 0. The smallest absolute Gasteiger partial charge is 0.209 e. The Morgan fingerprint density at radius 2 is 1.92 bits per heavy atom. The molecular formula is C8H17NO2S. The zero-order valence-electron chi connectivity index (χ0n) is 7.49. The number of primary sulfonamides is 1. The first-order valence-electron chi connectivity index (χ1n) is 4.49. The first kappa shape index (κ1) is 9.99. The summed E-state index contributed by atoms with van der Waals surface area (Å²) in [6.45, 7) is 2.12. The Morgan fingerprint density at radius 3 is 2.42 bits per heavy atom. The average molecular weight is 191 g/mol. The van der Waals surface area contributed by atoms with E-state index < -0.39 is 10.0 Å². The molecule has 1 fully saturated rings. The van der Waals surface area contributed by atoms with Crippen LogP contribution >= 0.6 is 0 Å². The summed E-state index contributed by atoms with van der Waals surface area (Å²) in [7, 11) is -3.26. The van der Waals surface area contributed by atoms with Crippen molar-refractivity contribution in [3.05, 3.63) is 0 Å². The molecule has 1 saturated carbocycles. The van der Waals surface area contributed by atoms with Gasteiger partial charge >= 0.3 is 0 Å². The first-order valence-corrected chi connectivity index (χ1v) is 6.21. The van der Waals surface area contributed by atoms with Crippen LogP contribution in [0.1, 0.15) is 32.6 Å². The van der Waals surface area contributed by atoms with Gasteiger partial charge in [0.25, 0.3) is 0 Å². The highest BCUT2D eigenvalue weighted by atomic mass is 32.2. The van der Waals surface area contributed by atoms with E-state index in [9.17, 15) is 8.42 Å². The van der Waals surface area contributed by atoms with Crippen molar-refractivity contribution in [3.8, 4) is 0 Å². The zero-order valence-corrected chi connectivity index (χ0v) is 8.31. The van der Waals surface area contributed by atoms with E-state index in [1.54, 1.807) is 0 Å². The lowest BCUT2D eigenvalue weighted by molar-refractivity contribution is 0.279. The maximum atomic E-state index is 10.8. The third-order valence-corrected chi connectivity index (χ3v) is 3.63. The second-order valence-electron chi connectivity index (χ2n) is 3.85. The minimum Gasteiger partial charge on any atom is -0.229 e. The SMILES string of the molecule is CC1CCCCC1CS(N)(=O)=O. The fourth-order valence-corrected chi connectivity index (χ4v) is 3.03. The zero-order chi connectivity index (χ0) is 9.19. The van der Waals surface area contributed by atoms with Crippen molar-refractivity contribution in [1.29, 1.82) is 0 Å². The summed E-state index contributed by atoms with van der Waals surface area (Å²) < 4.78 is 21.6. The van der Waals surface area contributed by atoms with Crippen molar-refractivity contribution in [2.75, 3.05) is 5.75 Å². The molecule has 0 spiro atoms. The number of sulfonamides is 1. The normalized spacial score (nSPS) is 31.8. The van der Waals surface area contributed by atoms with E-state index in [0.29, 0.717) is 11.8 Å². The molecule has 2 unspecified atom stereocenters. The van der Waals surface area contributed by atoms with Gasteiger partial charge in [-0.3, -0.25) is 0 Å². The maximum Gasteiger partial charge on any atom is 0.209 e. The van der Waals surface area contributed by atoms with E-state index in [0.717, 1.165) is 19.3 Å². The Hall–Kier alpha value is -0.0900. The molecule has 0 amide bonds. The Balaban J connectivity index is 2.50. The van der Waals surface area contributed by atoms with Gasteiger partial charge in [-0.15, -0.1) is 0 Å². The Kier molecular flexibility index (Phi) is 3.12. The summed E-state index contributed by atoms with van der Waals surface area (Å²) in [6.07, 6.45) is 4.57. The molecule has 0 aromatic carbocycles. The summed E-state index contributed by atoms with van der Waals surface area (Å²) >= 11 is 0. The van der Waals surface area contributed by atoms with Crippen LogP contribution < -0.4 is 5.14 Å². The van der Waals surface area contributed by atoms with Crippen molar-refractivity contribution in [2.45, 2.75) is 32.6 Å². The highest BCUT2D eigenvalue weighted by Gasteiger charge is 2.24. The molecule has 1 aliphatic rings. The molecular weight excluding hydrogens is 174 g/mol. The van der Waals surface area contributed by atoms with Crippen LogP contribution in [0.5, 0.6) is 0 Å². The molecule has 0 bridgehead atoms. The summed E-state index contributed by atoms with van der Waals surface area (Å²) in [5.41, 5.74) is 0. The summed E-state index contributed by atoms with van der Waals surface area (Å²) in [6, 6.07) is 0. The molecule has 0 radical (unpaired) electrons. The third-order valence-electron chi connectivity index (χ3n) is 2.74. The minimum atomic E-state index is -3.26. The molecule has 1 rings (SSSR count). The van der Waals surface area contributed by atoms with Crippen LogP contribution in [0.3, 0.4) is 0 Å². The molecule has 4 heteroatoms. The third kappa shape index (κ3) is 3.11. The fraction of sp³-hybridized carbons (Fsp3) is 1.00. The van der Waals surface area contributed by atoms with Crippen LogP contribution in [0, 0.1) is 11.8 Å². The highest BCUT2D eigenvalue weighted by molar-refractivity contribution is 7.89. The lowest BCUT2D eigenvalue weighted by Gasteiger charge is -2.27. The maximum absolute atomic E-state index is 10.8. The van der Waals surface area contributed by atoms with E-state index in [-0.39, 0.29) is 5.75 Å². The largest absolute Gasteiger partial charge is 0.229 e. The van der Waals surface area contributed by atoms with Crippen LogP contribution in [-0.2, 0) is 10.0 Å².